The quantitative estimate of drug-likeness (QED) is 0.353. The van der Waals surface area contributed by atoms with Gasteiger partial charge in [-0.05, 0) is 66.3 Å². The van der Waals surface area contributed by atoms with Crippen LogP contribution in [0.1, 0.15) is 78.4 Å². The molecule has 0 unspecified atom stereocenters. The van der Waals surface area contributed by atoms with Crippen LogP contribution in [0.4, 0.5) is 8.78 Å². The van der Waals surface area contributed by atoms with Gasteiger partial charge in [-0.25, -0.2) is 21.9 Å². The van der Waals surface area contributed by atoms with E-state index in [-0.39, 0.29) is 17.4 Å². The van der Waals surface area contributed by atoms with E-state index in [1.807, 2.05) is 6.07 Å². The van der Waals surface area contributed by atoms with E-state index in [9.17, 15) is 17.2 Å². The summed E-state index contributed by atoms with van der Waals surface area (Å²) in [4.78, 5) is -0.680. The predicted octanol–water partition coefficient (Wildman–Crippen LogP) is 6.48. The Labute approximate surface area is 197 Å². The van der Waals surface area contributed by atoms with Crippen molar-refractivity contribution in [2.45, 2.75) is 83.0 Å². The molecule has 0 saturated heterocycles. The second-order valence-electron chi connectivity index (χ2n) is 9.71. The van der Waals surface area contributed by atoms with Crippen LogP contribution in [0.3, 0.4) is 0 Å². The summed E-state index contributed by atoms with van der Waals surface area (Å²) in [7, 11) is -4.11. The van der Waals surface area contributed by atoms with Gasteiger partial charge < -0.3 is 4.74 Å². The van der Waals surface area contributed by atoms with Crippen molar-refractivity contribution < 1.29 is 21.9 Å². The van der Waals surface area contributed by atoms with Crippen molar-refractivity contribution in [1.29, 1.82) is 0 Å². The topological polar surface area (TPSA) is 55.4 Å². The van der Waals surface area contributed by atoms with Crippen LogP contribution in [-0.4, -0.2) is 21.6 Å². The van der Waals surface area contributed by atoms with Crippen LogP contribution >= 0.6 is 0 Å². The summed E-state index contributed by atoms with van der Waals surface area (Å²) in [6.45, 7) is 13.8. The van der Waals surface area contributed by atoms with Crippen molar-refractivity contribution in [2.24, 2.45) is 0 Å². The monoisotopic (exact) mass is 481 g/mol. The summed E-state index contributed by atoms with van der Waals surface area (Å²) >= 11 is 0. The van der Waals surface area contributed by atoms with Crippen LogP contribution < -0.4 is 9.46 Å². The smallest absolute Gasteiger partial charge is 0.243 e. The third-order valence-corrected chi connectivity index (χ3v) is 8.04. The number of benzene rings is 2. The maximum atomic E-state index is 13.8. The first kappa shape index (κ1) is 27.3. The van der Waals surface area contributed by atoms with Crippen molar-refractivity contribution >= 4 is 10.0 Å². The summed E-state index contributed by atoms with van der Waals surface area (Å²) in [5.41, 5.74) is 2.49. The average molecular weight is 482 g/mol. The zero-order chi connectivity index (χ0) is 24.9. The largest absolute Gasteiger partial charge is 0.493 e. The number of halogens is 2. The minimum Gasteiger partial charge on any atom is -0.493 e. The van der Waals surface area contributed by atoms with E-state index < -0.39 is 26.6 Å². The van der Waals surface area contributed by atoms with Crippen LogP contribution in [0, 0.1) is 11.6 Å². The van der Waals surface area contributed by atoms with E-state index >= 15 is 0 Å². The Balaban J connectivity index is 1.98. The number of unbranched alkanes of at least 4 members (excludes halogenated alkanes) is 1. The normalized spacial score (nSPS) is 12.7. The number of hydrogen-bond acceptors (Lipinski definition) is 3. The minimum atomic E-state index is -4.11. The van der Waals surface area contributed by atoms with E-state index in [0.717, 1.165) is 30.7 Å². The van der Waals surface area contributed by atoms with Gasteiger partial charge in [-0.3, -0.25) is 0 Å². The molecule has 0 radical (unpaired) electrons. The highest BCUT2D eigenvalue weighted by atomic mass is 32.2. The van der Waals surface area contributed by atoms with Crippen LogP contribution in [-0.2, 0) is 20.9 Å². The lowest BCUT2D eigenvalue weighted by molar-refractivity contribution is 0.296. The van der Waals surface area contributed by atoms with Crippen molar-refractivity contribution in [2.75, 3.05) is 13.2 Å². The third kappa shape index (κ3) is 7.00. The number of sulfonamides is 1. The van der Waals surface area contributed by atoms with Gasteiger partial charge in [0.15, 0.2) is 0 Å². The summed E-state index contributed by atoms with van der Waals surface area (Å²) < 4.78 is 60.0. The van der Waals surface area contributed by atoms with Crippen molar-refractivity contribution in [3.8, 4) is 5.75 Å². The average Bonchev–Trinajstić information content (AvgIpc) is 2.77. The Kier molecular flexibility index (Phi) is 9.05. The first-order valence-corrected chi connectivity index (χ1v) is 13.0. The number of nitrogens with one attached hydrogen (secondary N) is 1. The first-order valence-electron chi connectivity index (χ1n) is 11.6. The molecule has 7 heteroatoms. The molecule has 0 fully saturated rings. The number of rotatable bonds is 12. The molecule has 1 N–H and O–H groups in total. The van der Waals surface area contributed by atoms with Gasteiger partial charge in [0.05, 0.1) is 6.61 Å². The lowest BCUT2D eigenvalue weighted by Gasteiger charge is -2.30. The fraction of sp³-hybridized carbons (Fsp3) is 0.538. The highest BCUT2D eigenvalue weighted by molar-refractivity contribution is 7.89. The maximum Gasteiger partial charge on any atom is 0.243 e. The van der Waals surface area contributed by atoms with E-state index in [1.165, 1.54) is 11.1 Å². The van der Waals surface area contributed by atoms with Crippen molar-refractivity contribution in [3.63, 3.8) is 0 Å². The van der Waals surface area contributed by atoms with Crippen molar-refractivity contribution in [1.82, 2.24) is 4.72 Å². The van der Waals surface area contributed by atoms with Crippen LogP contribution in [0.25, 0.3) is 0 Å². The van der Waals surface area contributed by atoms with Crippen LogP contribution in [0.15, 0.2) is 41.3 Å². The maximum absolute atomic E-state index is 13.8. The van der Waals surface area contributed by atoms with Gasteiger partial charge in [-0.1, -0.05) is 53.7 Å². The third-order valence-electron chi connectivity index (χ3n) is 6.56. The lowest BCUT2D eigenvalue weighted by Crippen LogP contribution is -2.26. The Morgan fingerprint density at radius 3 is 2.21 bits per heavy atom. The molecule has 33 heavy (non-hydrogen) atoms. The van der Waals surface area contributed by atoms with E-state index in [2.05, 4.69) is 58.4 Å². The summed E-state index contributed by atoms with van der Waals surface area (Å²) in [6.07, 6.45) is 3.12. The zero-order valence-corrected chi connectivity index (χ0v) is 21.4. The molecule has 0 bridgehead atoms. The molecule has 2 rings (SSSR count). The number of hydrogen-bond donors (Lipinski definition) is 1. The Morgan fingerprint density at radius 2 is 1.58 bits per heavy atom. The molecule has 2 aromatic carbocycles. The molecule has 0 aliphatic carbocycles. The van der Waals surface area contributed by atoms with Gasteiger partial charge in [0.25, 0.3) is 0 Å². The standard InChI is InChI=1S/C26H37F2NO3S/c1-7-25(3,4)19-11-14-23(21(17-19)26(5,6)8-2)32-16-10-9-15-29-33(30,31)24-18-20(27)12-13-22(24)28/h11-14,17-18,29H,7-10,15-16H2,1-6H3. The van der Waals surface area contributed by atoms with Gasteiger partial charge in [0, 0.05) is 12.1 Å². The van der Waals surface area contributed by atoms with E-state index in [1.54, 1.807) is 0 Å². The first-order chi connectivity index (χ1) is 15.3. The van der Waals surface area contributed by atoms with Crippen LogP contribution in [0.2, 0.25) is 0 Å². The molecule has 0 spiro atoms. The fourth-order valence-electron chi connectivity index (χ4n) is 3.38. The molecule has 0 aromatic heterocycles. The summed E-state index contributed by atoms with van der Waals surface area (Å²) in [5, 5.41) is 0. The molecule has 0 saturated carbocycles. The molecule has 0 atom stereocenters. The highest BCUT2D eigenvalue weighted by Gasteiger charge is 2.26. The zero-order valence-electron chi connectivity index (χ0n) is 20.6. The predicted molar refractivity (Wildman–Crippen MR) is 129 cm³/mol. The molecule has 0 amide bonds. The molecule has 4 nitrogen and oxygen atoms in total. The molecule has 0 heterocycles. The van der Waals surface area contributed by atoms with Gasteiger partial charge >= 0.3 is 0 Å². The lowest BCUT2D eigenvalue weighted by atomic mass is 9.76. The fourth-order valence-corrected chi connectivity index (χ4v) is 4.54. The second kappa shape index (κ2) is 11.0. The molecule has 184 valence electrons. The Hall–Kier alpha value is -1.99. The molecule has 0 aliphatic rings. The Morgan fingerprint density at radius 1 is 0.909 bits per heavy atom. The van der Waals surface area contributed by atoms with E-state index in [4.69, 9.17) is 4.74 Å². The highest BCUT2D eigenvalue weighted by Crippen LogP contribution is 2.38. The molecule has 0 aliphatic heterocycles. The summed E-state index contributed by atoms with van der Waals surface area (Å²) in [5.74, 6) is -0.933. The Bertz CT molecular complexity index is 1050. The van der Waals surface area contributed by atoms with Gasteiger partial charge in [0.1, 0.15) is 22.3 Å². The molecule has 2 aromatic rings. The number of ether oxygens (including phenoxy) is 1. The van der Waals surface area contributed by atoms with Gasteiger partial charge in [0.2, 0.25) is 10.0 Å². The second-order valence-corrected chi connectivity index (χ2v) is 11.4. The minimum absolute atomic E-state index is 0.0418. The summed E-state index contributed by atoms with van der Waals surface area (Å²) in [6, 6.07) is 8.78. The van der Waals surface area contributed by atoms with E-state index in [0.29, 0.717) is 25.5 Å². The van der Waals surface area contributed by atoms with Crippen molar-refractivity contribution in [3.05, 3.63) is 59.2 Å². The van der Waals surface area contributed by atoms with Crippen LogP contribution in [0.5, 0.6) is 5.75 Å². The SMILES string of the molecule is CCC(C)(C)c1ccc(OCCCCNS(=O)(=O)c2cc(F)ccc2F)c(C(C)(C)CC)c1. The van der Waals surface area contributed by atoms with Gasteiger partial charge in [-0.2, -0.15) is 0 Å². The molecular formula is C26H37F2NO3S. The molecular weight excluding hydrogens is 444 g/mol. The van der Waals surface area contributed by atoms with Gasteiger partial charge in [-0.15, -0.1) is 0 Å².